The Bertz CT molecular complexity index is 784. The summed E-state index contributed by atoms with van der Waals surface area (Å²) in [6.45, 7) is 5.93. The molecule has 1 aromatic heterocycles. The molecule has 118 valence electrons. The Labute approximate surface area is 131 Å². The maximum atomic E-state index is 13.2. The van der Waals surface area contributed by atoms with Gasteiger partial charge in [-0.3, -0.25) is 4.98 Å². The highest BCUT2D eigenvalue weighted by Gasteiger charge is 2.31. The molecule has 0 aliphatic carbocycles. The molecule has 0 bridgehead atoms. The van der Waals surface area contributed by atoms with Crippen LogP contribution in [0.4, 0.5) is 0 Å². The first kappa shape index (κ1) is 15.4. The molecule has 1 aliphatic heterocycles. The molecule has 1 N–H and O–H groups in total. The average molecular weight is 319 g/mol. The zero-order valence-corrected chi connectivity index (χ0v) is 13.7. The first-order valence-corrected chi connectivity index (χ1v) is 9.01. The molecule has 6 heteroatoms. The van der Waals surface area contributed by atoms with Crippen LogP contribution in [-0.2, 0) is 10.0 Å². The van der Waals surface area contributed by atoms with E-state index in [4.69, 9.17) is 0 Å². The molecule has 0 unspecified atom stereocenters. The summed E-state index contributed by atoms with van der Waals surface area (Å²) < 4.78 is 28.0. The molecule has 2 heterocycles. The zero-order chi connectivity index (χ0) is 15.7. The van der Waals surface area contributed by atoms with Crippen molar-refractivity contribution in [2.45, 2.75) is 31.2 Å². The van der Waals surface area contributed by atoms with Crippen molar-refractivity contribution in [3.63, 3.8) is 0 Å². The van der Waals surface area contributed by atoms with Gasteiger partial charge in [0.05, 0.1) is 4.90 Å². The van der Waals surface area contributed by atoms with E-state index in [-0.39, 0.29) is 6.04 Å². The van der Waals surface area contributed by atoms with Gasteiger partial charge in [0, 0.05) is 42.3 Å². The Kier molecular flexibility index (Phi) is 4.16. The van der Waals surface area contributed by atoms with Crippen LogP contribution in [0.15, 0.2) is 35.5 Å². The number of pyridine rings is 1. The van der Waals surface area contributed by atoms with Gasteiger partial charge in [0.15, 0.2) is 0 Å². The second kappa shape index (κ2) is 5.95. The smallest absolute Gasteiger partial charge is 0.243 e. The summed E-state index contributed by atoms with van der Waals surface area (Å²) in [6, 6.07) is 5.39. The van der Waals surface area contributed by atoms with Crippen molar-refractivity contribution in [3.05, 3.63) is 36.2 Å². The fourth-order valence-corrected chi connectivity index (χ4v) is 5.01. The Balaban J connectivity index is 2.17. The van der Waals surface area contributed by atoms with Gasteiger partial charge in [-0.25, -0.2) is 8.42 Å². The average Bonchev–Trinajstić information content (AvgIpc) is 2.72. The molecule has 22 heavy (non-hydrogen) atoms. The Hall–Kier alpha value is -1.50. The van der Waals surface area contributed by atoms with E-state index in [0.29, 0.717) is 18.0 Å². The van der Waals surface area contributed by atoms with E-state index in [2.05, 4.69) is 10.3 Å². The Morgan fingerprint density at radius 1 is 1.27 bits per heavy atom. The Morgan fingerprint density at radius 2 is 2.09 bits per heavy atom. The number of fused-ring (bicyclic) bond motifs is 1. The molecule has 0 amide bonds. The van der Waals surface area contributed by atoms with E-state index >= 15 is 0 Å². The maximum Gasteiger partial charge on any atom is 0.243 e. The third-order valence-electron chi connectivity index (χ3n) is 4.26. The number of hydrogen-bond acceptors (Lipinski definition) is 4. The van der Waals surface area contributed by atoms with Crippen molar-refractivity contribution in [1.82, 2.24) is 14.6 Å². The first-order chi connectivity index (χ1) is 10.5. The molecular weight excluding hydrogens is 298 g/mol. The van der Waals surface area contributed by atoms with Gasteiger partial charge in [0.1, 0.15) is 0 Å². The van der Waals surface area contributed by atoms with Crippen LogP contribution >= 0.6 is 0 Å². The van der Waals surface area contributed by atoms with Gasteiger partial charge in [0.25, 0.3) is 0 Å². The van der Waals surface area contributed by atoms with Crippen molar-refractivity contribution in [3.8, 4) is 0 Å². The van der Waals surface area contributed by atoms with E-state index in [1.54, 1.807) is 28.8 Å². The van der Waals surface area contributed by atoms with Gasteiger partial charge in [-0.15, -0.1) is 0 Å². The quantitative estimate of drug-likeness (QED) is 0.918. The first-order valence-electron chi connectivity index (χ1n) is 7.57. The predicted octanol–water partition coefficient (Wildman–Crippen LogP) is 1.92. The fraction of sp³-hybridized carbons (Fsp3) is 0.438. The summed E-state index contributed by atoms with van der Waals surface area (Å²) >= 11 is 0. The van der Waals surface area contributed by atoms with Crippen LogP contribution in [0.25, 0.3) is 10.8 Å². The lowest BCUT2D eigenvalue weighted by Crippen LogP contribution is -2.39. The van der Waals surface area contributed by atoms with E-state index in [0.717, 1.165) is 29.3 Å². The lowest BCUT2D eigenvalue weighted by Gasteiger charge is -2.26. The number of aromatic nitrogens is 1. The number of nitrogens with zero attached hydrogens (tertiary/aromatic N) is 2. The number of sulfonamides is 1. The molecule has 1 aromatic carbocycles. The molecule has 0 radical (unpaired) electrons. The van der Waals surface area contributed by atoms with Crippen molar-refractivity contribution < 1.29 is 8.42 Å². The number of hydrogen-bond donors (Lipinski definition) is 1. The van der Waals surface area contributed by atoms with Crippen molar-refractivity contribution in [2.75, 3.05) is 19.6 Å². The van der Waals surface area contributed by atoms with Gasteiger partial charge in [0.2, 0.25) is 10.0 Å². The highest BCUT2D eigenvalue weighted by atomic mass is 32.2. The van der Waals surface area contributed by atoms with E-state index < -0.39 is 10.0 Å². The molecule has 1 atom stereocenters. The number of benzene rings is 1. The van der Waals surface area contributed by atoms with Crippen LogP contribution < -0.4 is 5.32 Å². The standard InChI is InChI=1S/C16H21N3O2S/c1-12-10-18-11-14-4-3-5-15(16(12)14)22(20,21)19-9-8-17-7-6-13(19)2/h3-5,10-11,13,17H,6-9H2,1-2H3/t13-/m1/s1. The molecule has 5 nitrogen and oxygen atoms in total. The van der Waals surface area contributed by atoms with Gasteiger partial charge >= 0.3 is 0 Å². The van der Waals surface area contributed by atoms with Gasteiger partial charge in [-0.05, 0) is 38.4 Å². The summed E-state index contributed by atoms with van der Waals surface area (Å²) in [5, 5.41) is 4.91. The van der Waals surface area contributed by atoms with Crippen molar-refractivity contribution in [1.29, 1.82) is 0 Å². The summed E-state index contributed by atoms with van der Waals surface area (Å²) in [5.41, 5.74) is 0.886. The molecule has 3 rings (SSSR count). The highest BCUT2D eigenvalue weighted by molar-refractivity contribution is 7.89. The third kappa shape index (κ3) is 2.62. The molecule has 0 saturated carbocycles. The van der Waals surface area contributed by atoms with Crippen LogP contribution in [0.1, 0.15) is 18.9 Å². The fourth-order valence-electron chi connectivity index (χ4n) is 3.06. The molecule has 2 aromatic rings. The predicted molar refractivity (Wildman–Crippen MR) is 87.3 cm³/mol. The van der Waals surface area contributed by atoms with Crippen LogP contribution in [0, 0.1) is 6.92 Å². The lowest BCUT2D eigenvalue weighted by molar-refractivity contribution is 0.350. The van der Waals surface area contributed by atoms with Crippen LogP contribution in [0.5, 0.6) is 0 Å². The molecular formula is C16H21N3O2S. The molecule has 0 spiro atoms. The van der Waals surface area contributed by atoms with Crippen molar-refractivity contribution >= 4 is 20.8 Å². The van der Waals surface area contributed by atoms with Gasteiger partial charge in [-0.2, -0.15) is 4.31 Å². The largest absolute Gasteiger partial charge is 0.315 e. The summed E-state index contributed by atoms with van der Waals surface area (Å²) in [5.74, 6) is 0. The normalized spacial score (nSPS) is 20.9. The summed E-state index contributed by atoms with van der Waals surface area (Å²) in [7, 11) is -3.52. The van der Waals surface area contributed by atoms with E-state index in [9.17, 15) is 8.42 Å². The minimum absolute atomic E-state index is 0.00241. The summed E-state index contributed by atoms with van der Waals surface area (Å²) in [6.07, 6.45) is 4.26. The van der Waals surface area contributed by atoms with Crippen LogP contribution in [-0.4, -0.2) is 43.4 Å². The minimum Gasteiger partial charge on any atom is -0.315 e. The van der Waals surface area contributed by atoms with Gasteiger partial charge in [-0.1, -0.05) is 12.1 Å². The second-order valence-corrected chi connectivity index (χ2v) is 7.67. The minimum atomic E-state index is -3.52. The topological polar surface area (TPSA) is 62.3 Å². The molecule has 1 saturated heterocycles. The monoisotopic (exact) mass is 319 g/mol. The summed E-state index contributed by atoms with van der Waals surface area (Å²) in [4.78, 5) is 4.55. The maximum absolute atomic E-state index is 13.2. The third-order valence-corrected chi connectivity index (χ3v) is 6.32. The van der Waals surface area contributed by atoms with Crippen LogP contribution in [0.2, 0.25) is 0 Å². The number of rotatable bonds is 2. The SMILES string of the molecule is Cc1cncc2cccc(S(=O)(=O)N3CCNCC[C@H]3C)c12. The van der Waals surface area contributed by atoms with E-state index in [1.807, 2.05) is 19.9 Å². The molecule has 1 fully saturated rings. The number of aryl methyl sites for hydroxylation is 1. The highest BCUT2D eigenvalue weighted by Crippen LogP contribution is 2.29. The van der Waals surface area contributed by atoms with Gasteiger partial charge < -0.3 is 5.32 Å². The lowest BCUT2D eigenvalue weighted by atomic mass is 10.1. The second-order valence-electron chi connectivity index (χ2n) is 5.81. The van der Waals surface area contributed by atoms with Crippen molar-refractivity contribution in [2.24, 2.45) is 0 Å². The van der Waals surface area contributed by atoms with Crippen LogP contribution in [0.3, 0.4) is 0 Å². The van der Waals surface area contributed by atoms with E-state index in [1.165, 1.54) is 0 Å². The molecule has 1 aliphatic rings. The number of nitrogens with one attached hydrogen (secondary N) is 1. The Morgan fingerprint density at radius 3 is 2.91 bits per heavy atom. The zero-order valence-electron chi connectivity index (χ0n) is 12.9.